The number of hydrogen-bond donors (Lipinski definition) is 0. The van der Waals surface area contributed by atoms with Crippen LogP contribution in [0.15, 0.2) is 134 Å². The van der Waals surface area contributed by atoms with Crippen LogP contribution in [0.25, 0.3) is 77.5 Å². The van der Waals surface area contributed by atoms with E-state index in [1.165, 1.54) is 88.5 Å². The van der Waals surface area contributed by atoms with Crippen molar-refractivity contribution in [1.29, 1.82) is 0 Å². The van der Waals surface area contributed by atoms with Gasteiger partial charge in [0, 0.05) is 23.8 Å². The van der Waals surface area contributed by atoms with E-state index in [2.05, 4.69) is 166 Å². The van der Waals surface area contributed by atoms with E-state index in [0.717, 1.165) is 23.0 Å². The third-order valence-corrected chi connectivity index (χ3v) is 12.0. The SMILES string of the molecule is Cc1c(-c2ccc3c(c2)-c2cccc4cccc-3c24)c(C)[n+]2n1-c1cccc3c1C21c2c(ccc4c5ccccc5n(c24)-c2cccc[n+]21)O3. The van der Waals surface area contributed by atoms with Gasteiger partial charge in [0.1, 0.15) is 28.3 Å². The second-order valence-electron chi connectivity index (χ2n) is 14.2. The number of ether oxygens (including phenoxy) is 1. The number of fused-ring (bicyclic) bond motifs is 10. The van der Waals surface area contributed by atoms with Crippen molar-refractivity contribution < 1.29 is 14.0 Å². The molecule has 0 amide bonds. The molecule has 0 radical (unpaired) electrons. The zero-order chi connectivity index (χ0) is 32.6. The van der Waals surface area contributed by atoms with Crippen LogP contribution < -0.4 is 14.0 Å². The van der Waals surface area contributed by atoms with E-state index in [0.29, 0.717) is 0 Å². The molecule has 50 heavy (non-hydrogen) atoms. The Bertz CT molecular complexity index is 3100. The molecule has 5 nitrogen and oxygen atoms in total. The van der Waals surface area contributed by atoms with Crippen molar-refractivity contribution in [2.24, 2.45) is 0 Å². The minimum absolute atomic E-state index is 0.703. The molecule has 0 N–H and O–H groups in total. The normalized spacial score (nSPS) is 16.4. The molecule has 13 rings (SSSR count). The Labute approximate surface area is 287 Å². The van der Waals surface area contributed by atoms with Crippen LogP contribution >= 0.6 is 0 Å². The molecule has 1 atom stereocenters. The Morgan fingerprint density at radius 1 is 0.640 bits per heavy atom. The average molecular weight is 641 g/mol. The predicted molar refractivity (Wildman–Crippen MR) is 195 cm³/mol. The van der Waals surface area contributed by atoms with E-state index >= 15 is 0 Å². The summed E-state index contributed by atoms with van der Waals surface area (Å²) >= 11 is 0. The molecule has 5 heteroatoms. The summed E-state index contributed by atoms with van der Waals surface area (Å²) in [6, 6.07) is 46.8. The van der Waals surface area contributed by atoms with Crippen molar-refractivity contribution in [3.63, 3.8) is 0 Å². The highest BCUT2D eigenvalue weighted by atomic mass is 16.5. The molecule has 3 aromatic heterocycles. The fraction of sp³-hybridized carbons (Fsp3) is 0.0667. The first-order valence-corrected chi connectivity index (χ1v) is 17.4. The lowest BCUT2D eigenvalue weighted by atomic mass is 9.84. The third-order valence-electron chi connectivity index (χ3n) is 12.0. The van der Waals surface area contributed by atoms with Gasteiger partial charge in [0.15, 0.2) is 11.1 Å². The van der Waals surface area contributed by atoms with Crippen molar-refractivity contribution in [2.75, 3.05) is 0 Å². The maximum atomic E-state index is 6.89. The maximum Gasteiger partial charge on any atom is 0.397 e. The monoisotopic (exact) mass is 640 g/mol. The van der Waals surface area contributed by atoms with Gasteiger partial charge in [-0.2, -0.15) is 9.13 Å². The van der Waals surface area contributed by atoms with Crippen LogP contribution in [0.5, 0.6) is 11.5 Å². The lowest BCUT2D eigenvalue weighted by Gasteiger charge is -2.33. The first kappa shape index (κ1) is 25.5. The predicted octanol–water partition coefficient (Wildman–Crippen LogP) is 9.26. The zero-order valence-corrected chi connectivity index (χ0v) is 27.4. The van der Waals surface area contributed by atoms with Gasteiger partial charge in [0.25, 0.3) is 5.82 Å². The molecule has 0 saturated heterocycles. The molecule has 1 spiro atoms. The topological polar surface area (TPSA) is 26.8 Å². The molecule has 6 aromatic carbocycles. The molecular formula is C45H28N4O+2. The number of rotatable bonds is 1. The summed E-state index contributed by atoms with van der Waals surface area (Å²) in [5.41, 5.74) is 15.4. The van der Waals surface area contributed by atoms with Gasteiger partial charge in [-0.05, 0) is 94.0 Å². The van der Waals surface area contributed by atoms with E-state index in [-0.39, 0.29) is 0 Å². The molecule has 3 aliphatic heterocycles. The Morgan fingerprint density at radius 2 is 1.44 bits per heavy atom. The van der Waals surface area contributed by atoms with E-state index < -0.39 is 5.66 Å². The summed E-state index contributed by atoms with van der Waals surface area (Å²) < 4.78 is 16.9. The molecular weight excluding hydrogens is 613 g/mol. The Hall–Kier alpha value is -6.46. The molecule has 0 fully saturated rings. The lowest BCUT2D eigenvalue weighted by Crippen LogP contribution is -2.77. The summed E-state index contributed by atoms with van der Waals surface area (Å²) in [6.07, 6.45) is 2.26. The van der Waals surface area contributed by atoms with Crippen molar-refractivity contribution in [2.45, 2.75) is 19.5 Å². The second-order valence-corrected chi connectivity index (χ2v) is 14.2. The second kappa shape index (κ2) is 8.21. The van der Waals surface area contributed by atoms with E-state index in [1.807, 2.05) is 0 Å². The standard InChI is InChI=1S/C45H28N4O/c1-25-40(28-19-20-29-31-13-7-10-27-11-8-14-32(41(27)31)34(29)24-28)26(2)49-45-42-36(48(25)49)16-9-17-37(42)50-38-22-21-33-30-12-3-4-15-35(30)47(44(33)43(38)45)39-18-5-6-23-46(39)45/h3-24H,1-2H3/q+2. The first-order chi connectivity index (χ1) is 24.7. The van der Waals surface area contributed by atoms with E-state index in [1.54, 1.807) is 0 Å². The van der Waals surface area contributed by atoms with Gasteiger partial charge in [0.05, 0.1) is 17.5 Å². The highest BCUT2D eigenvalue weighted by molar-refractivity contribution is 6.16. The van der Waals surface area contributed by atoms with Crippen molar-refractivity contribution in [1.82, 2.24) is 9.25 Å². The van der Waals surface area contributed by atoms with Gasteiger partial charge in [-0.15, -0.1) is 4.68 Å². The lowest BCUT2D eigenvalue weighted by molar-refractivity contribution is -0.995. The van der Waals surface area contributed by atoms with E-state index in [4.69, 9.17) is 4.74 Å². The van der Waals surface area contributed by atoms with Gasteiger partial charge in [0.2, 0.25) is 5.69 Å². The zero-order valence-electron chi connectivity index (χ0n) is 27.4. The Balaban J connectivity index is 1.18. The number of nitrogens with zero attached hydrogens (tertiary/aromatic N) is 4. The average Bonchev–Trinajstić information content (AvgIpc) is 3.85. The van der Waals surface area contributed by atoms with Crippen LogP contribution in [0.2, 0.25) is 0 Å². The molecule has 6 heterocycles. The van der Waals surface area contributed by atoms with Crippen LogP contribution in [-0.4, -0.2) is 9.25 Å². The van der Waals surface area contributed by atoms with Crippen molar-refractivity contribution >= 4 is 32.6 Å². The third kappa shape index (κ3) is 2.55. The minimum Gasteiger partial charge on any atom is -0.456 e. The number of aromatic nitrogens is 4. The quantitative estimate of drug-likeness (QED) is 0.164. The highest BCUT2D eigenvalue weighted by Gasteiger charge is 2.69. The highest BCUT2D eigenvalue weighted by Crippen LogP contribution is 2.56. The van der Waals surface area contributed by atoms with Crippen molar-refractivity contribution in [3.05, 3.63) is 156 Å². The molecule has 1 aliphatic carbocycles. The molecule has 4 aliphatic rings. The van der Waals surface area contributed by atoms with Gasteiger partial charge >= 0.3 is 5.66 Å². The molecule has 0 saturated carbocycles. The van der Waals surface area contributed by atoms with E-state index in [9.17, 15) is 0 Å². The summed E-state index contributed by atoms with van der Waals surface area (Å²) in [5.74, 6) is 2.94. The largest absolute Gasteiger partial charge is 0.456 e. The number of hydrogen-bond acceptors (Lipinski definition) is 1. The first-order valence-electron chi connectivity index (χ1n) is 17.4. The minimum atomic E-state index is -0.703. The van der Waals surface area contributed by atoms with Crippen LogP contribution in [0.3, 0.4) is 0 Å². The Morgan fingerprint density at radius 3 is 2.34 bits per heavy atom. The number of pyridine rings is 1. The van der Waals surface area contributed by atoms with Crippen LogP contribution in [-0.2, 0) is 5.66 Å². The summed E-state index contributed by atoms with van der Waals surface area (Å²) in [4.78, 5) is 0. The van der Waals surface area contributed by atoms with Crippen molar-refractivity contribution in [3.8, 4) is 56.4 Å². The molecule has 1 unspecified atom stereocenters. The summed E-state index contributed by atoms with van der Waals surface area (Å²) in [7, 11) is 0. The molecule has 9 aromatic rings. The van der Waals surface area contributed by atoms with Gasteiger partial charge in [-0.3, -0.25) is 0 Å². The van der Waals surface area contributed by atoms with Gasteiger partial charge in [-0.1, -0.05) is 77.5 Å². The van der Waals surface area contributed by atoms with Gasteiger partial charge in [-0.25, -0.2) is 0 Å². The fourth-order valence-corrected chi connectivity index (χ4v) is 10.3. The summed E-state index contributed by atoms with van der Waals surface area (Å²) in [5, 5.41) is 5.15. The van der Waals surface area contributed by atoms with Crippen LogP contribution in [0.1, 0.15) is 22.5 Å². The fourth-order valence-electron chi connectivity index (χ4n) is 10.3. The smallest absolute Gasteiger partial charge is 0.397 e. The van der Waals surface area contributed by atoms with Crippen LogP contribution in [0.4, 0.5) is 0 Å². The maximum absolute atomic E-state index is 6.89. The molecule has 0 bridgehead atoms. The number of para-hydroxylation sites is 1. The number of benzene rings is 6. The van der Waals surface area contributed by atoms with Gasteiger partial charge < -0.3 is 4.74 Å². The Kier molecular flexibility index (Phi) is 4.20. The van der Waals surface area contributed by atoms with Crippen LogP contribution in [0, 0.1) is 13.8 Å². The molecule has 232 valence electrons. The summed E-state index contributed by atoms with van der Waals surface area (Å²) in [6.45, 7) is 4.60.